The van der Waals surface area contributed by atoms with E-state index >= 15 is 0 Å². The summed E-state index contributed by atoms with van der Waals surface area (Å²) < 4.78 is 15.1. The van der Waals surface area contributed by atoms with Crippen LogP contribution in [-0.4, -0.2) is 38.2 Å². The number of amides is 1. The fourth-order valence-electron chi connectivity index (χ4n) is 3.29. The highest BCUT2D eigenvalue weighted by Gasteiger charge is 2.20. The third-order valence-electron chi connectivity index (χ3n) is 4.80. The van der Waals surface area contributed by atoms with Gasteiger partial charge in [-0.3, -0.25) is 4.79 Å². The summed E-state index contributed by atoms with van der Waals surface area (Å²) in [5.74, 6) is -1.41. The lowest BCUT2D eigenvalue weighted by Crippen LogP contribution is -2.30. The van der Waals surface area contributed by atoms with Crippen molar-refractivity contribution in [2.24, 2.45) is 0 Å². The molecule has 1 atom stereocenters. The van der Waals surface area contributed by atoms with Gasteiger partial charge in [0.25, 0.3) is 5.91 Å². The van der Waals surface area contributed by atoms with Crippen LogP contribution in [0.3, 0.4) is 0 Å². The minimum Gasteiger partial charge on any atom is -0.481 e. The second-order valence-electron chi connectivity index (χ2n) is 6.82. The molecule has 1 aliphatic rings. The van der Waals surface area contributed by atoms with Gasteiger partial charge in [0.2, 0.25) is 0 Å². The molecule has 0 saturated carbocycles. The lowest BCUT2D eigenvalue weighted by atomic mass is 10.1. The second-order valence-corrected chi connectivity index (χ2v) is 6.82. The van der Waals surface area contributed by atoms with Crippen molar-refractivity contribution in [2.45, 2.75) is 32.3 Å². The predicted octanol–water partition coefficient (Wildman–Crippen LogP) is 3.15. The van der Waals surface area contributed by atoms with Gasteiger partial charge in [-0.15, -0.1) is 0 Å². The van der Waals surface area contributed by atoms with Crippen LogP contribution in [0.1, 0.15) is 45.2 Å². The lowest BCUT2D eigenvalue weighted by molar-refractivity contribution is -0.122. The number of benzene rings is 2. The van der Waals surface area contributed by atoms with E-state index < -0.39 is 18.0 Å². The summed E-state index contributed by atoms with van der Waals surface area (Å²) in [4.78, 5) is 36.3. The van der Waals surface area contributed by atoms with Crippen molar-refractivity contribution in [3.63, 3.8) is 0 Å². The fourth-order valence-corrected chi connectivity index (χ4v) is 3.29. The number of nitrogens with one attached hydrogen (secondary N) is 1. The number of rotatable bonds is 6. The highest BCUT2D eigenvalue weighted by molar-refractivity contribution is 5.96. The predicted molar refractivity (Wildman–Crippen MR) is 106 cm³/mol. The average molecular weight is 397 g/mol. The zero-order valence-electron chi connectivity index (χ0n) is 16.6. The maximum absolute atomic E-state index is 12.5. The summed E-state index contributed by atoms with van der Waals surface area (Å²) in [5.41, 5.74) is 3.53. The third kappa shape index (κ3) is 4.74. The molecule has 0 spiro atoms. The second kappa shape index (κ2) is 8.77. The maximum Gasteiger partial charge on any atom is 0.338 e. The van der Waals surface area contributed by atoms with Crippen LogP contribution in [0.5, 0.6) is 5.75 Å². The highest BCUT2D eigenvalue weighted by atomic mass is 16.5. The molecule has 1 amide bonds. The van der Waals surface area contributed by atoms with Gasteiger partial charge in [-0.2, -0.15) is 0 Å². The van der Waals surface area contributed by atoms with Gasteiger partial charge < -0.3 is 19.5 Å². The zero-order valence-corrected chi connectivity index (χ0v) is 16.6. The number of hydrogen-bond acceptors (Lipinski definition) is 6. The molecule has 0 heterocycles. The number of ether oxygens (including phenoxy) is 3. The molecule has 7 nitrogen and oxygen atoms in total. The number of methoxy groups -OCH3 is 2. The van der Waals surface area contributed by atoms with Gasteiger partial charge in [0.15, 0.2) is 6.10 Å². The number of carbonyl (C=O) groups excluding carboxylic acids is 3. The van der Waals surface area contributed by atoms with E-state index in [-0.39, 0.29) is 22.8 Å². The quantitative estimate of drug-likeness (QED) is 0.753. The lowest BCUT2D eigenvalue weighted by Gasteiger charge is -2.16. The molecule has 152 valence electrons. The molecular weight excluding hydrogens is 374 g/mol. The van der Waals surface area contributed by atoms with Crippen molar-refractivity contribution >= 4 is 23.5 Å². The number of esters is 2. The fraction of sp³-hybridized carbons (Fsp3) is 0.318. The Morgan fingerprint density at radius 1 is 0.897 bits per heavy atom. The van der Waals surface area contributed by atoms with Crippen LogP contribution in [0, 0.1) is 0 Å². The van der Waals surface area contributed by atoms with Crippen LogP contribution < -0.4 is 10.1 Å². The summed E-state index contributed by atoms with van der Waals surface area (Å²) in [6.45, 7) is 1.59. The van der Waals surface area contributed by atoms with Gasteiger partial charge in [0.1, 0.15) is 5.75 Å². The largest absolute Gasteiger partial charge is 0.481 e. The Morgan fingerprint density at radius 2 is 1.52 bits per heavy atom. The molecule has 0 radical (unpaired) electrons. The Bertz CT molecular complexity index is 918. The van der Waals surface area contributed by atoms with Crippen LogP contribution in [0.4, 0.5) is 5.69 Å². The van der Waals surface area contributed by atoms with Crippen molar-refractivity contribution in [1.82, 2.24) is 0 Å². The molecule has 0 bridgehead atoms. The maximum atomic E-state index is 12.5. The minimum absolute atomic E-state index is 0.122. The van der Waals surface area contributed by atoms with Crippen LogP contribution in [0.25, 0.3) is 0 Å². The Hall–Kier alpha value is -3.35. The Balaban J connectivity index is 1.74. The molecule has 29 heavy (non-hydrogen) atoms. The molecule has 3 rings (SSSR count). The van der Waals surface area contributed by atoms with Gasteiger partial charge in [-0.1, -0.05) is 6.07 Å². The normalized spacial score (nSPS) is 13.2. The third-order valence-corrected chi connectivity index (χ3v) is 4.80. The monoisotopic (exact) mass is 397 g/mol. The van der Waals surface area contributed by atoms with Gasteiger partial charge >= 0.3 is 11.9 Å². The smallest absolute Gasteiger partial charge is 0.338 e. The zero-order chi connectivity index (χ0) is 21.0. The standard InChI is InChI=1S/C22H23NO6/c1-13(20(24)23-18-8-7-14-5-4-6-15(14)10-18)29-19-11-16(21(25)27-2)9-17(12-19)22(26)28-3/h7-13H,4-6H2,1-3H3,(H,23,24)/t13-/m1/s1. The summed E-state index contributed by atoms with van der Waals surface area (Å²) in [6, 6.07) is 10.1. The molecule has 2 aromatic rings. The van der Waals surface area contributed by atoms with Crippen LogP contribution >= 0.6 is 0 Å². The Labute approximate surface area is 169 Å². The van der Waals surface area contributed by atoms with Gasteiger partial charge in [-0.25, -0.2) is 9.59 Å². The van der Waals surface area contributed by atoms with Gasteiger partial charge in [0, 0.05) is 5.69 Å². The first-order valence-electron chi connectivity index (χ1n) is 9.32. The van der Waals surface area contributed by atoms with Gasteiger partial charge in [-0.05, 0) is 67.6 Å². The first-order valence-corrected chi connectivity index (χ1v) is 9.32. The highest BCUT2D eigenvalue weighted by Crippen LogP contribution is 2.25. The summed E-state index contributed by atoms with van der Waals surface area (Å²) in [5, 5.41) is 2.84. The molecule has 7 heteroatoms. The molecule has 2 aromatic carbocycles. The Morgan fingerprint density at radius 3 is 2.14 bits per heavy atom. The molecule has 1 N–H and O–H groups in total. The average Bonchev–Trinajstić information content (AvgIpc) is 3.20. The van der Waals surface area contributed by atoms with Crippen molar-refractivity contribution in [3.8, 4) is 5.75 Å². The number of anilines is 1. The molecule has 0 saturated heterocycles. The van der Waals surface area contributed by atoms with E-state index in [1.807, 2.05) is 18.2 Å². The van der Waals surface area contributed by atoms with Crippen LogP contribution in [0.2, 0.25) is 0 Å². The summed E-state index contributed by atoms with van der Waals surface area (Å²) in [7, 11) is 2.47. The number of aryl methyl sites for hydroxylation is 2. The molecule has 0 aromatic heterocycles. The first-order chi connectivity index (χ1) is 13.9. The number of fused-ring (bicyclic) bond motifs is 1. The van der Waals surface area contributed by atoms with E-state index in [9.17, 15) is 14.4 Å². The SMILES string of the molecule is COC(=O)c1cc(O[C@H](C)C(=O)Nc2ccc3c(c2)CCC3)cc(C(=O)OC)c1. The van der Waals surface area contributed by atoms with Crippen molar-refractivity contribution in [2.75, 3.05) is 19.5 Å². The number of hydrogen-bond donors (Lipinski definition) is 1. The van der Waals surface area contributed by atoms with E-state index in [2.05, 4.69) is 5.32 Å². The van der Waals surface area contributed by atoms with Crippen LogP contribution in [-0.2, 0) is 27.1 Å². The molecule has 0 aliphatic heterocycles. The van der Waals surface area contributed by atoms with Crippen molar-refractivity contribution in [1.29, 1.82) is 0 Å². The first kappa shape index (κ1) is 20.4. The minimum atomic E-state index is -0.860. The molecule has 0 unspecified atom stereocenters. The van der Waals surface area contributed by atoms with Gasteiger partial charge in [0.05, 0.1) is 25.3 Å². The van der Waals surface area contributed by atoms with E-state index in [0.717, 1.165) is 19.3 Å². The molecule has 0 fully saturated rings. The molecule has 1 aliphatic carbocycles. The van der Waals surface area contributed by atoms with Crippen LogP contribution in [0.15, 0.2) is 36.4 Å². The summed E-state index contributed by atoms with van der Waals surface area (Å²) >= 11 is 0. The Kier molecular flexibility index (Phi) is 6.16. The number of carbonyl (C=O) groups is 3. The van der Waals surface area contributed by atoms with E-state index in [1.165, 1.54) is 43.5 Å². The van der Waals surface area contributed by atoms with E-state index in [0.29, 0.717) is 5.69 Å². The van der Waals surface area contributed by atoms with E-state index in [1.54, 1.807) is 6.92 Å². The van der Waals surface area contributed by atoms with Crippen molar-refractivity contribution in [3.05, 3.63) is 58.7 Å². The van der Waals surface area contributed by atoms with E-state index in [4.69, 9.17) is 14.2 Å². The van der Waals surface area contributed by atoms with Crippen molar-refractivity contribution < 1.29 is 28.6 Å². The summed E-state index contributed by atoms with van der Waals surface area (Å²) in [6.07, 6.45) is 2.36. The molecular formula is C22H23NO6. The topological polar surface area (TPSA) is 90.9 Å².